The summed E-state index contributed by atoms with van der Waals surface area (Å²) in [6.45, 7) is 5.51. The maximum Gasteiger partial charge on any atom is 0.252 e. The van der Waals surface area contributed by atoms with Gasteiger partial charge in [-0.2, -0.15) is 0 Å². The Labute approximate surface area is 143 Å². The van der Waals surface area contributed by atoms with Gasteiger partial charge in [-0.1, -0.05) is 30.7 Å². The van der Waals surface area contributed by atoms with Crippen LogP contribution >= 0.6 is 11.6 Å². The van der Waals surface area contributed by atoms with Crippen LogP contribution < -0.4 is 10.6 Å². The first-order valence-corrected chi connectivity index (χ1v) is 8.48. The summed E-state index contributed by atoms with van der Waals surface area (Å²) in [5.41, 5.74) is 0.503. The molecule has 2 rings (SSSR count). The van der Waals surface area contributed by atoms with Crippen molar-refractivity contribution in [3.63, 3.8) is 0 Å². The number of hydrogen-bond acceptors (Lipinski definition) is 2. The highest BCUT2D eigenvalue weighted by atomic mass is 35.5. The molecular weight excluding hydrogens is 312 g/mol. The molecule has 1 saturated heterocycles. The molecule has 0 unspecified atom stereocenters. The second kappa shape index (κ2) is 8.77. The van der Waals surface area contributed by atoms with Crippen LogP contribution in [0.25, 0.3) is 0 Å². The Kier molecular flexibility index (Phi) is 6.71. The van der Waals surface area contributed by atoms with E-state index in [1.165, 1.54) is 12.8 Å². The molecule has 1 aliphatic rings. The molecule has 2 N–H and O–H groups in total. The molecule has 6 heteroatoms. The average Bonchev–Trinajstić information content (AvgIpc) is 2.56. The third-order valence-corrected chi connectivity index (χ3v) is 4.44. The molecule has 1 aromatic carbocycles. The minimum absolute atomic E-state index is 0.154. The quantitative estimate of drug-likeness (QED) is 0.504. The number of rotatable bonds is 4. The topological polar surface area (TPSA) is 56.7 Å². The molecule has 1 fully saturated rings. The monoisotopic (exact) mass is 336 g/mol. The molecule has 0 spiro atoms. The summed E-state index contributed by atoms with van der Waals surface area (Å²) in [6.07, 6.45) is 2.40. The van der Waals surface area contributed by atoms with Crippen LogP contribution in [0.5, 0.6) is 0 Å². The van der Waals surface area contributed by atoms with E-state index in [9.17, 15) is 4.79 Å². The zero-order valence-electron chi connectivity index (χ0n) is 13.8. The van der Waals surface area contributed by atoms with E-state index in [2.05, 4.69) is 27.4 Å². The molecule has 5 nitrogen and oxygen atoms in total. The summed E-state index contributed by atoms with van der Waals surface area (Å²) in [5.74, 6) is 1.54. The summed E-state index contributed by atoms with van der Waals surface area (Å²) in [7, 11) is 1.79. The second-order valence-corrected chi connectivity index (χ2v) is 6.29. The van der Waals surface area contributed by atoms with Crippen LogP contribution in [0, 0.1) is 5.92 Å². The number of guanidine groups is 1. The van der Waals surface area contributed by atoms with E-state index in [1.54, 1.807) is 25.2 Å². The molecule has 1 aromatic rings. The highest BCUT2D eigenvalue weighted by molar-refractivity contribution is 6.33. The average molecular weight is 337 g/mol. The molecular formula is C17H25ClN4O. The number of nitrogens with zero attached hydrogens (tertiary/aromatic N) is 2. The van der Waals surface area contributed by atoms with Crippen molar-refractivity contribution >= 4 is 23.5 Å². The molecule has 0 aromatic heterocycles. The van der Waals surface area contributed by atoms with Gasteiger partial charge in [0, 0.05) is 33.2 Å². The smallest absolute Gasteiger partial charge is 0.252 e. The number of benzene rings is 1. The molecule has 1 heterocycles. The van der Waals surface area contributed by atoms with Gasteiger partial charge in [0.2, 0.25) is 0 Å². The largest absolute Gasteiger partial charge is 0.354 e. The minimum Gasteiger partial charge on any atom is -0.354 e. The van der Waals surface area contributed by atoms with Gasteiger partial charge in [-0.3, -0.25) is 9.79 Å². The second-order valence-electron chi connectivity index (χ2n) is 5.88. The van der Waals surface area contributed by atoms with Crippen molar-refractivity contribution in [1.29, 1.82) is 0 Å². The van der Waals surface area contributed by atoms with Crippen LogP contribution in [0.4, 0.5) is 0 Å². The number of aliphatic imine (C=N–C) groups is 1. The lowest BCUT2D eigenvalue weighted by molar-refractivity contribution is 0.0954. The number of carbonyl (C=O) groups is 1. The van der Waals surface area contributed by atoms with Gasteiger partial charge in [0.25, 0.3) is 5.91 Å². The first-order chi connectivity index (χ1) is 11.1. The van der Waals surface area contributed by atoms with Gasteiger partial charge >= 0.3 is 0 Å². The Morgan fingerprint density at radius 1 is 1.26 bits per heavy atom. The molecule has 0 radical (unpaired) electrons. The van der Waals surface area contributed by atoms with E-state index < -0.39 is 0 Å². The predicted molar refractivity (Wildman–Crippen MR) is 95.1 cm³/mol. The summed E-state index contributed by atoms with van der Waals surface area (Å²) in [4.78, 5) is 18.7. The Hall–Kier alpha value is -1.75. The maximum absolute atomic E-state index is 12.1. The zero-order valence-corrected chi connectivity index (χ0v) is 14.6. The Morgan fingerprint density at radius 3 is 2.57 bits per heavy atom. The number of halogens is 1. The van der Waals surface area contributed by atoms with E-state index >= 15 is 0 Å². The summed E-state index contributed by atoms with van der Waals surface area (Å²) < 4.78 is 0. The highest BCUT2D eigenvalue weighted by Crippen LogP contribution is 2.16. The van der Waals surface area contributed by atoms with Crippen LogP contribution in [0.2, 0.25) is 5.02 Å². The predicted octanol–water partition coefficient (Wildman–Crippen LogP) is 2.38. The number of likely N-dealkylation sites (tertiary alicyclic amines) is 1. The minimum atomic E-state index is -0.154. The van der Waals surface area contributed by atoms with Crippen molar-refractivity contribution < 1.29 is 4.79 Å². The van der Waals surface area contributed by atoms with Gasteiger partial charge in [0.15, 0.2) is 5.96 Å². The van der Waals surface area contributed by atoms with Gasteiger partial charge in [0.1, 0.15) is 0 Å². The van der Waals surface area contributed by atoms with E-state index in [0.717, 1.165) is 25.0 Å². The van der Waals surface area contributed by atoms with Crippen molar-refractivity contribution in [3.05, 3.63) is 34.9 Å². The fourth-order valence-electron chi connectivity index (χ4n) is 2.64. The van der Waals surface area contributed by atoms with Crippen LogP contribution in [0.3, 0.4) is 0 Å². The molecule has 0 saturated carbocycles. The number of hydrogen-bond donors (Lipinski definition) is 2. The SMILES string of the molecule is CN=C(NCCNC(=O)c1ccccc1Cl)N1CCC(C)CC1. The van der Waals surface area contributed by atoms with Crippen molar-refractivity contribution in [2.24, 2.45) is 10.9 Å². The lowest BCUT2D eigenvalue weighted by atomic mass is 10.00. The molecule has 0 atom stereocenters. The number of piperidine rings is 1. The molecule has 126 valence electrons. The van der Waals surface area contributed by atoms with Gasteiger partial charge in [-0.05, 0) is 30.9 Å². The first-order valence-electron chi connectivity index (χ1n) is 8.10. The van der Waals surface area contributed by atoms with E-state index in [0.29, 0.717) is 23.7 Å². The van der Waals surface area contributed by atoms with Crippen molar-refractivity contribution in [3.8, 4) is 0 Å². The standard InChI is InChI=1S/C17H25ClN4O/c1-13-7-11-22(12-8-13)17(19-2)21-10-9-20-16(23)14-5-3-4-6-15(14)18/h3-6,13H,7-12H2,1-2H3,(H,19,21)(H,20,23). The lowest BCUT2D eigenvalue weighted by Gasteiger charge is -2.32. The van der Waals surface area contributed by atoms with Crippen molar-refractivity contribution in [2.75, 3.05) is 33.2 Å². The van der Waals surface area contributed by atoms with Gasteiger partial charge in [-0.15, -0.1) is 0 Å². The van der Waals surface area contributed by atoms with Gasteiger partial charge < -0.3 is 15.5 Å². The summed E-state index contributed by atoms with van der Waals surface area (Å²) in [6, 6.07) is 7.05. The van der Waals surface area contributed by atoms with Crippen LogP contribution in [0.15, 0.2) is 29.3 Å². The van der Waals surface area contributed by atoms with Crippen molar-refractivity contribution in [1.82, 2.24) is 15.5 Å². The zero-order chi connectivity index (χ0) is 16.7. The van der Waals surface area contributed by atoms with Gasteiger partial charge in [0.05, 0.1) is 10.6 Å². The normalized spacial score (nSPS) is 16.3. The summed E-state index contributed by atoms with van der Waals surface area (Å²) >= 11 is 6.02. The molecule has 1 amide bonds. The fourth-order valence-corrected chi connectivity index (χ4v) is 2.87. The number of carbonyl (C=O) groups excluding carboxylic acids is 1. The lowest BCUT2D eigenvalue weighted by Crippen LogP contribution is -2.47. The van der Waals surface area contributed by atoms with E-state index in [1.807, 2.05) is 6.07 Å². The van der Waals surface area contributed by atoms with Crippen LogP contribution in [-0.4, -0.2) is 50.0 Å². The number of amides is 1. The Bertz CT molecular complexity index is 553. The first kappa shape index (κ1) is 17.6. The number of nitrogens with one attached hydrogen (secondary N) is 2. The van der Waals surface area contributed by atoms with Crippen LogP contribution in [0.1, 0.15) is 30.1 Å². The summed E-state index contributed by atoms with van der Waals surface area (Å²) in [5, 5.41) is 6.64. The maximum atomic E-state index is 12.1. The van der Waals surface area contributed by atoms with E-state index in [4.69, 9.17) is 11.6 Å². The Balaban J connectivity index is 1.74. The third kappa shape index (κ3) is 5.13. The molecule has 23 heavy (non-hydrogen) atoms. The van der Waals surface area contributed by atoms with Crippen LogP contribution in [-0.2, 0) is 0 Å². The Morgan fingerprint density at radius 2 is 1.91 bits per heavy atom. The van der Waals surface area contributed by atoms with Crippen molar-refractivity contribution in [2.45, 2.75) is 19.8 Å². The van der Waals surface area contributed by atoms with E-state index in [-0.39, 0.29) is 5.91 Å². The molecule has 0 aliphatic carbocycles. The molecule has 1 aliphatic heterocycles. The third-order valence-electron chi connectivity index (χ3n) is 4.11. The fraction of sp³-hybridized carbons (Fsp3) is 0.529. The highest BCUT2D eigenvalue weighted by Gasteiger charge is 2.18. The molecule has 0 bridgehead atoms. The van der Waals surface area contributed by atoms with Gasteiger partial charge in [-0.25, -0.2) is 0 Å².